The Hall–Kier alpha value is -2.07. The molecule has 0 aromatic heterocycles. The van der Waals surface area contributed by atoms with Gasteiger partial charge in [-0.1, -0.05) is 25.1 Å². The minimum Gasteiger partial charge on any atom is -0.494 e. The van der Waals surface area contributed by atoms with Crippen LogP contribution in [0.25, 0.3) is 0 Å². The van der Waals surface area contributed by atoms with Crippen molar-refractivity contribution in [3.05, 3.63) is 59.4 Å². The van der Waals surface area contributed by atoms with Crippen LogP contribution in [0.15, 0.2) is 42.5 Å². The Morgan fingerprint density at radius 3 is 2.38 bits per heavy atom. The topological polar surface area (TPSA) is 38.7 Å². The maximum Gasteiger partial charge on any atom is 0.165 e. The smallest absolute Gasteiger partial charge is 0.165 e. The predicted octanol–water partition coefficient (Wildman–Crippen LogP) is 3.70. The van der Waals surface area contributed by atoms with Gasteiger partial charge >= 0.3 is 0 Å². The summed E-state index contributed by atoms with van der Waals surface area (Å²) in [4.78, 5) is 0. The molecule has 21 heavy (non-hydrogen) atoms. The summed E-state index contributed by atoms with van der Waals surface area (Å²) in [5.41, 5.74) is 1.29. The summed E-state index contributed by atoms with van der Waals surface area (Å²) in [5.74, 6) is 0.440. The van der Waals surface area contributed by atoms with Crippen molar-refractivity contribution in [2.24, 2.45) is 0 Å². The number of hydrogen-bond acceptors (Lipinski definition) is 3. The number of hydrogen-bond donors (Lipinski definition) is 1. The molecule has 1 unspecified atom stereocenters. The van der Waals surface area contributed by atoms with Gasteiger partial charge in [0.1, 0.15) is 11.9 Å². The average Bonchev–Trinajstić information content (AvgIpc) is 2.53. The van der Waals surface area contributed by atoms with Gasteiger partial charge in [0, 0.05) is 0 Å². The lowest BCUT2D eigenvalue weighted by Gasteiger charge is -2.14. The lowest BCUT2D eigenvalue weighted by molar-refractivity contribution is 0.219. The first-order valence-electron chi connectivity index (χ1n) is 6.90. The van der Waals surface area contributed by atoms with E-state index in [2.05, 4.69) is 0 Å². The van der Waals surface area contributed by atoms with Crippen LogP contribution in [0.3, 0.4) is 0 Å². The molecule has 1 atom stereocenters. The predicted molar refractivity (Wildman–Crippen MR) is 79.2 cm³/mol. The summed E-state index contributed by atoms with van der Waals surface area (Å²) in [6.07, 6.45) is 0.111. The summed E-state index contributed by atoms with van der Waals surface area (Å²) in [7, 11) is 1.40. The maximum absolute atomic E-state index is 13.4. The molecule has 0 aliphatic rings. The number of aliphatic hydroxyl groups is 1. The lowest BCUT2D eigenvalue weighted by atomic mass is 10.0. The second-order valence-corrected chi connectivity index (χ2v) is 4.71. The van der Waals surface area contributed by atoms with Crippen molar-refractivity contribution >= 4 is 0 Å². The van der Waals surface area contributed by atoms with Gasteiger partial charge in [-0.05, 0) is 41.8 Å². The fraction of sp³-hybridized carbons (Fsp3) is 0.294. The monoisotopic (exact) mass is 290 g/mol. The average molecular weight is 290 g/mol. The molecule has 0 bridgehead atoms. The quantitative estimate of drug-likeness (QED) is 0.881. The van der Waals surface area contributed by atoms with Crippen molar-refractivity contribution in [2.75, 3.05) is 13.7 Å². The van der Waals surface area contributed by atoms with Crippen molar-refractivity contribution in [3.63, 3.8) is 0 Å². The lowest BCUT2D eigenvalue weighted by Crippen LogP contribution is -2.01. The third-order valence-electron chi connectivity index (χ3n) is 3.16. The van der Waals surface area contributed by atoms with Crippen molar-refractivity contribution in [1.82, 2.24) is 0 Å². The number of rotatable bonds is 6. The minimum atomic E-state index is -0.834. The van der Waals surface area contributed by atoms with Gasteiger partial charge < -0.3 is 14.6 Å². The van der Waals surface area contributed by atoms with E-state index in [1.54, 1.807) is 18.2 Å². The van der Waals surface area contributed by atoms with Gasteiger partial charge in [-0.3, -0.25) is 0 Å². The zero-order valence-electron chi connectivity index (χ0n) is 12.2. The second kappa shape index (κ2) is 7.09. The van der Waals surface area contributed by atoms with Gasteiger partial charge in [0.25, 0.3) is 0 Å². The van der Waals surface area contributed by atoms with Crippen LogP contribution in [0.4, 0.5) is 4.39 Å². The molecule has 0 saturated heterocycles. The van der Waals surface area contributed by atoms with Gasteiger partial charge in [0.2, 0.25) is 0 Å². The molecule has 0 amide bonds. The normalized spacial score (nSPS) is 12.0. The van der Waals surface area contributed by atoms with Crippen LogP contribution in [0.2, 0.25) is 0 Å². The first-order chi connectivity index (χ1) is 10.2. The SMILES string of the molecule is CCCOc1ccc(C(O)c2ccc(F)c(OC)c2)cc1. The standard InChI is InChI=1S/C17H19FO3/c1-3-10-21-14-7-4-12(5-8-14)17(19)13-6-9-15(18)16(11-13)20-2/h4-9,11,17,19H,3,10H2,1-2H3. The summed E-state index contributed by atoms with van der Waals surface area (Å²) < 4.78 is 23.8. The Labute approximate surface area is 124 Å². The minimum absolute atomic E-state index is 0.120. The van der Waals surface area contributed by atoms with Gasteiger partial charge in [-0.2, -0.15) is 0 Å². The molecule has 2 aromatic rings. The van der Waals surface area contributed by atoms with Crippen LogP contribution < -0.4 is 9.47 Å². The van der Waals surface area contributed by atoms with Crippen LogP contribution >= 0.6 is 0 Å². The molecule has 112 valence electrons. The third-order valence-corrected chi connectivity index (χ3v) is 3.16. The molecule has 4 heteroatoms. The van der Waals surface area contributed by atoms with Crippen molar-refractivity contribution in [1.29, 1.82) is 0 Å². The van der Waals surface area contributed by atoms with E-state index in [4.69, 9.17) is 9.47 Å². The van der Waals surface area contributed by atoms with Crippen LogP contribution in [0.1, 0.15) is 30.6 Å². The summed E-state index contributed by atoms with van der Waals surface area (Å²) in [6.45, 7) is 2.71. The Bertz CT molecular complexity index is 581. The van der Waals surface area contributed by atoms with Gasteiger partial charge in [0.05, 0.1) is 13.7 Å². The number of ether oxygens (including phenoxy) is 2. The summed E-state index contributed by atoms with van der Waals surface area (Å²) in [5, 5.41) is 10.4. The molecule has 0 aliphatic carbocycles. The van der Waals surface area contributed by atoms with E-state index in [0.29, 0.717) is 17.7 Å². The molecule has 0 saturated carbocycles. The highest BCUT2D eigenvalue weighted by atomic mass is 19.1. The number of benzene rings is 2. The highest BCUT2D eigenvalue weighted by molar-refractivity contribution is 5.38. The van der Waals surface area contributed by atoms with E-state index >= 15 is 0 Å². The van der Waals surface area contributed by atoms with Crippen molar-refractivity contribution in [3.8, 4) is 11.5 Å². The Morgan fingerprint density at radius 1 is 1.10 bits per heavy atom. The highest BCUT2D eigenvalue weighted by Gasteiger charge is 2.13. The van der Waals surface area contributed by atoms with Crippen molar-refractivity contribution < 1.29 is 19.0 Å². The molecule has 0 fully saturated rings. The number of halogens is 1. The number of methoxy groups -OCH3 is 1. The van der Waals surface area contributed by atoms with Gasteiger partial charge in [-0.15, -0.1) is 0 Å². The molecule has 0 aliphatic heterocycles. The molecule has 0 radical (unpaired) electrons. The first kappa shape index (κ1) is 15.3. The zero-order chi connectivity index (χ0) is 15.2. The van der Waals surface area contributed by atoms with Crippen LogP contribution in [0.5, 0.6) is 11.5 Å². The first-order valence-corrected chi connectivity index (χ1v) is 6.90. The van der Waals surface area contributed by atoms with Crippen LogP contribution in [0, 0.1) is 5.82 Å². The zero-order valence-corrected chi connectivity index (χ0v) is 12.2. The van der Waals surface area contributed by atoms with E-state index in [9.17, 15) is 9.50 Å². The highest BCUT2D eigenvalue weighted by Crippen LogP contribution is 2.28. The molecule has 3 nitrogen and oxygen atoms in total. The number of aliphatic hydroxyl groups excluding tert-OH is 1. The maximum atomic E-state index is 13.4. The van der Waals surface area contributed by atoms with Gasteiger partial charge in [0.15, 0.2) is 11.6 Å². The van der Waals surface area contributed by atoms with Crippen LogP contribution in [-0.4, -0.2) is 18.8 Å². The van der Waals surface area contributed by atoms with E-state index in [1.165, 1.54) is 19.2 Å². The van der Waals surface area contributed by atoms with Crippen molar-refractivity contribution in [2.45, 2.75) is 19.4 Å². The Kier molecular flexibility index (Phi) is 5.17. The van der Waals surface area contributed by atoms with E-state index in [-0.39, 0.29) is 5.75 Å². The van der Waals surface area contributed by atoms with E-state index in [0.717, 1.165) is 12.2 Å². The Balaban J connectivity index is 2.17. The molecule has 2 rings (SSSR count). The molecule has 2 aromatic carbocycles. The van der Waals surface area contributed by atoms with E-state index in [1.807, 2.05) is 19.1 Å². The molecule has 0 spiro atoms. The van der Waals surface area contributed by atoms with E-state index < -0.39 is 11.9 Å². The second-order valence-electron chi connectivity index (χ2n) is 4.71. The fourth-order valence-corrected chi connectivity index (χ4v) is 2.01. The van der Waals surface area contributed by atoms with Crippen LogP contribution in [-0.2, 0) is 0 Å². The van der Waals surface area contributed by atoms with Gasteiger partial charge in [-0.25, -0.2) is 4.39 Å². The molecular weight excluding hydrogens is 271 g/mol. The molecule has 0 heterocycles. The molecule has 1 N–H and O–H groups in total. The summed E-state index contributed by atoms with van der Waals surface area (Å²) >= 11 is 0. The fourth-order valence-electron chi connectivity index (χ4n) is 2.01. The summed E-state index contributed by atoms with van der Waals surface area (Å²) in [6, 6.07) is 11.6. The Morgan fingerprint density at radius 2 is 1.76 bits per heavy atom. The third kappa shape index (κ3) is 3.73. The molecular formula is C17H19FO3. The largest absolute Gasteiger partial charge is 0.494 e.